The molecule has 1 aromatic heterocycles. The number of carbonyl (C=O) groups is 1. The van der Waals surface area contributed by atoms with Crippen molar-refractivity contribution >= 4 is 11.6 Å². The smallest absolute Gasteiger partial charge is 0.258 e. The molecule has 1 unspecified atom stereocenters. The maximum atomic E-state index is 13.4. The summed E-state index contributed by atoms with van der Waals surface area (Å²) >= 11 is 0. The molecule has 0 aliphatic carbocycles. The molecule has 0 bridgehead atoms. The number of para-hydroxylation sites is 1. The number of methoxy groups -OCH3 is 1. The maximum absolute atomic E-state index is 13.4. The van der Waals surface area contributed by atoms with Crippen LogP contribution in [0.25, 0.3) is 0 Å². The summed E-state index contributed by atoms with van der Waals surface area (Å²) in [5.41, 5.74) is 2.38. The molecule has 33 heavy (non-hydrogen) atoms. The van der Waals surface area contributed by atoms with E-state index < -0.39 is 0 Å². The van der Waals surface area contributed by atoms with Gasteiger partial charge in [0.1, 0.15) is 11.9 Å². The lowest BCUT2D eigenvalue weighted by atomic mass is 10.0. The van der Waals surface area contributed by atoms with Crippen LogP contribution in [0.15, 0.2) is 65.3 Å². The van der Waals surface area contributed by atoms with Crippen molar-refractivity contribution in [2.24, 2.45) is 0 Å². The van der Waals surface area contributed by atoms with E-state index in [1.165, 1.54) is 25.7 Å². The minimum Gasteiger partial charge on any atom is -0.493 e. The summed E-state index contributed by atoms with van der Waals surface area (Å²) < 4.78 is 17.2. The number of anilines is 1. The van der Waals surface area contributed by atoms with Crippen molar-refractivity contribution in [1.82, 2.24) is 4.90 Å². The summed E-state index contributed by atoms with van der Waals surface area (Å²) in [5.74, 6) is 2.06. The van der Waals surface area contributed by atoms with Crippen LogP contribution in [0, 0.1) is 0 Å². The average molecular weight is 449 g/mol. The first kappa shape index (κ1) is 22.8. The van der Waals surface area contributed by atoms with Crippen LogP contribution in [0.2, 0.25) is 0 Å². The van der Waals surface area contributed by atoms with Crippen molar-refractivity contribution in [3.05, 3.63) is 77.7 Å². The third kappa shape index (κ3) is 5.33. The Hall–Kier alpha value is -3.41. The van der Waals surface area contributed by atoms with E-state index in [4.69, 9.17) is 13.9 Å². The van der Waals surface area contributed by atoms with Gasteiger partial charge in [-0.05, 0) is 48.4 Å². The number of furan rings is 1. The summed E-state index contributed by atoms with van der Waals surface area (Å²) in [6.45, 7) is 3.24. The summed E-state index contributed by atoms with van der Waals surface area (Å²) in [4.78, 5) is 15.2. The van der Waals surface area contributed by atoms with Crippen LogP contribution in [0.3, 0.4) is 0 Å². The summed E-state index contributed by atoms with van der Waals surface area (Å²) in [6.07, 6.45) is 7.19. The third-order valence-electron chi connectivity index (χ3n) is 5.94. The van der Waals surface area contributed by atoms with Crippen LogP contribution in [0.4, 0.5) is 5.69 Å². The Balaban J connectivity index is 1.55. The minimum atomic E-state index is -0.366. The molecule has 1 atom stereocenters. The number of rotatable bonds is 11. The van der Waals surface area contributed by atoms with Crippen LogP contribution in [0.1, 0.15) is 66.9 Å². The fourth-order valence-corrected chi connectivity index (χ4v) is 4.15. The molecule has 174 valence electrons. The van der Waals surface area contributed by atoms with Gasteiger partial charge in [-0.15, -0.1) is 0 Å². The van der Waals surface area contributed by atoms with Crippen molar-refractivity contribution in [3.8, 4) is 11.5 Å². The van der Waals surface area contributed by atoms with Gasteiger partial charge in [0.15, 0.2) is 11.5 Å². The Bertz CT molecular complexity index is 1050. The lowest BCUT2D eigenvalue weighted by molar-refractivity contribution is 0.0651. The van der Waals surface area contributed by atoms with E-state index in [1.54, 1.807) is 18.3 Å². The zero-order valence-corrected chi connectivity index (χ0v) is 19.4. The second-order valence-corrected chi connectivity index (χ2v) is 8.28. The van der Waals surface area contributed by atoms with Gasteiger partial charge < -0.3 is 24.1 Å². The lowest BCUT2D eigenvalue weighted by Gasteiger charge is -2.37. The standard InChI is InChI=1S/C27H32N2O4/c1-3-4-5-6-9-16-33-24-15-14-20(18-25(24)31-2)26-28-23-13-8-7-12-22(23)27(30)29(26)19-21-11-10-17-32-21/h7-8,10-15,17-18,26,28H,3-6,9,16,19H2,1-2H3. The zero-order chi connectivity index (χ0) is 23.0. The predicted octanol–water partition coefficient (Wildman–Crippen LogP) is 6.40. The van der Waals surface area contributed by atoms with E-state index in [0.717, 1.165) is 29.2 Å². The second-order valence-electron chi connectivity index (χ2n) is 8.28. The normalized spacial score (nSPS) is 15.2. The maximum Gasteiger partial charge on any atom is 0.258 e. The fourth-order valence-electron chi connectivity index (χ4n) is 4.15. The predicted molar refractivity (Wildman–Crippen MR) is 129 cm³/mol. The molecule has 2 heterocycles. The van der Waals surface area contributed by atoms with Crippen molar-refractivity contribution in [2.45, 2.75) is 51.7 Å². The Kier molecular flexibility index (Phi) is 7.55. The Morgan fingerprint density at radius 1 is 1.00 bits per heavy atom. The molecule has 0 spiro atoms. The number of amides is 1. The SMILES string of the molecule is CCCCCCCOc1ccc(C2Nc3ccccc3C(=O)N2Cc2ccco2)cc1OC. The first-order valence-corrected chi connectivity index (χ1v) is 11.7. The average Bonchev–Trinajstić information content (AvgIpc) is 3.36. The highest BCUT2D eigenvalue weighted by Crippen LogP contribution is 2.37. The minimum absolute atomic E-state index is 0.0443. The topological polar surface area (TPSA) is 63.9 Å². The van der Waals surface area contributed by atoms with E-state index in [0.29, 0.717) is 24.5 Å². The van der Waals surface area contributed by atoms with Gasteiger partial charge in [-0.1, -0.05) is 50.8 Å². The molecule has 1 amide bonds. The van der Waals surface area contributed by atoms with Crippen molar-refractivity contribution in [3.63, 3.8) is 0 Å². The molecule has 6 heteroatoms. The summed E-state index contributed by atoms with van der Waals surface area (Å²) in [6, 6.07) is 17.1. The lowest BCUT2D eigenvalue weighted by Crippen LogP contribution is -2.42. The Morgan fingerprint density at radius 2 is 1.85 bits per heavy atom. The van der Waals surface area contributed by atoms with Crippen LogP contribution >= 0.6 is 0 Å². The summed E-state index contributed by atoms with van der Waals surface area (Å²) in [5, 5.41) is 3.52. The number of benzene rings is 2. The molecular formula is C27H32N2O4. The molecule has 0 fully saturated rings. The van der Waals surface area contributed by atoms with Crippen molar-refractivity contribution < 1.29 is 18.7 Å². The molecule has 3 aromatic rings. The second kappa shape index (κ2) is 10.9. The van der Waals surface area contributed by atoms with Gasteiger partial charge in [-0.2, -0.15) is 0 Å². The van der Waals surface area contributed by atoms with Crippen LogP contribution < -0.4 is 14.8 Å². The number of carbonyl (C=O) groups excluding carboxylic acids is 1. The summed E-state index contributed by atoms with van der Waals surface area (Å²) in [7, 11) is 1.64. The molecule has 6 nitrogen and oxygen atoms in total. The van der Waals surface area contributed by atoms with E-state index >= 15 is 0 Å². The number of nitrogens with zero attached hydrogens (tertiary/aromatic N) is 1. The monoisotopic (exact) mass is 448 g/mol. The molecule has 0 saturated carbocycles. The van der Waals surface area contributed by atoms with Gasteiger partial charge in [0.2, 0.25) is 0 Å². The fraction of sp³-hybridized carbons (Fsp3) is 0.370. The highest BCUT2D eigenvalue weighted by Gasteiger charge is 2.33. The van der Waals surface area contributed by atoms with Gasteiger partial charge in [0, 0.05) is 5.69 Å². The number of ether oxygens (including phenoxy) is 2. The number of unbranched alkanes of at least 4 members (excludes halogenated alkanes) is 4. The molecule has 2 aromatic carbocycles. The zero-order valence-electron chi connectivity index (χ0n) is 19.4. The molecule has 4 rings (SSSR count). The molecule has 0 radical (unpaired) electrons. The highest BCUT2D eigenvalue weighted by atomic mass is 16.5. The van der Waals surface area contributed by atoms with Crippen LogP contribution in [0.5, 0.6) is 11.5 Å². The van der Waals surface area contributed by atoms with Gasteiger partial charge >= 0.3 is 0 Å². The van der Waals surface area contributed by atoms with Gasteiger partial charge in [0.25, 0.3) is 5.91 Å². The highest BCUT2D eigenvalue weighted by molar-refractivity contribution is 6.01. The molecule has 1 aliphatic rings. The van der Waals surface area contributed by atoms with Gasteiger partial charge in [0.05, 0.1) is 32.1 Å². The Morgan fingerprint density at radius 3 is 2.64 bits per heavy atom. The largest absolute Gasteiger partial charge is 0.493 e. The van der Waals surface area contributed by atoms with E-state index in [2.05, 4.69) is 12.2 Å². The number of fused-ring (bicyclic) bond motifs is 1. The van der Waals surface area contributed by atoms with Crippen LogP contribution in [-0.4, -0.2) is 24.5 Å². The number of hydrogen-bond acceptors (Lipinski definition) is 5. The number of hydrogen-bond donors (Lipinski definition) is 1. The number of nitrogens with one attached hydrogen (secondary N) is 1. The third-order valence-corrected chi connectivity index (χ3v) is 5.94. The van der Waals surface area contributed by atoms with E-state index in [9.17, 15) is 4.79 Å². The molecule has 1 aliphatic heterocycles. The molecule has 1 N–H and O–H groups in total. The molecular weight excluding hydrogens is 416 g/mol. The first-order valence-electron chi connectivity index (χ1n) is 11.7. The Labute approximate surface area is 195 Å². The van der Waals surface area contributed by atoms with Crippen molar-refractivity contribution in [1.29, 1.82) is 0 Å². The quantitative estimate of drug-likeness (QED) is 0.344. The van der Waals surface area contributed by atoms with Gasteiger partial charge in [-0.3, -0.25) is 4.79 Å². The first-order chi connectivity index (χ1) is 16.2. The van der Waals surface area contributed by atoms with Gasteiger partial charge in [-0.25, -0.2) is 0 Å². The van der Waals surface area contributed by atoms with Crippen LogP contribution in [-0.2, 0) is 6.54 Å². The van der Waals surface area contributed by atoms with E-state index in [1.807, 2.05) is 54.6 Å². The molecule has 0 saturated heterocycles. The van der Waals surface area contributed by atoms with E-state index in [-0.39, 0.29) is 12.1 Å². The van der Waals surface area contributed by atoms with Crippen molar-refractivity contribution in [2.75, 3.05) is 19.0 Å².